The van der Waals surface area contributed by atoms with Crippen LogP contribution in [0, 0.1) is 5.92 Å². The van der Waals surface area contributed by atoms with Crippen molar-refractivity contribution in [3.05, 3.63) is 35.9 Å². The molecule has 22 heavy (non-hydrogen) atoms. The molecule has 1 aromatic carbocycles. The minimum absolute atomic E-state index is 0. The smallest absolute Gasteiger partial charge is 0.225 e. The van der Waals surface area contributed by atoms with Gasteiger partial charge in [0.2, 0.25) is 11.8 Å². The first-order valence-corrected chi connectivity index (χ1v) is 7.37. The first kappa shape index (κ1) is 18.5. The second-order valence-corrected chi connectivity index (χ2v) is 5.60. The normalized spacial score (nSPS) is 18.7. The SMILES string of the molecule is CNC(C)CNC(=O)C1CC(=O)N(Cc2ccccc2)C1.Cl. The summed E-state index contributed by atoms with van der Waals surface area (Å²) in [4.78, 5) is 25.9. The van der Waals surface area contributed by atoms with E-state index in [1.54, 1.807) is 4.90 Å². The number of carbonyl (C=O) groups excluding carboxylic acids is 2. The Morgan fingerprint density at radius 1 is 1.36 bits per heavy atom. The Balaban J connectivity index is 0.00000242. The van der Waals surface area contributed by atoms with Crippen LogP contribution in [-0.4, -0.2) is 42.9 Å². The maximum absolute atomic E-state index is 12.1. The van der Waals surface area contributed by atoms with E-state index in [4.69, 9.17) is 0 Å². The number of likely N-dealkylation sites (tertiary alicyclic amines) is 1. The molecule has 1 heterocycles. The van der Waals surface area contributed by atoms with Gasteiger partial charge in [0.1, 0.15) is 0 Å². The molecule has 122 valence electrons. The van der Waals surface area contributed by atoms with Crippen LogP contribution in [0.15, 0.2) is 30.3 Å². The number of benzene rings is 1. The van der Waals surface area contributed by atoms with Crippen LogP contribution in [0.2, 0.25) is 0 Å². The molecule has 2 N–H and O–H groups in total. The number of nitrogens with zero attached hydrogens (tertiary/aromatic N) is 1. The van der Waals surface area contributed by atoms with E-state index in [1.165, 1.54) is 0 Å². The van der Waals surface area contributed by atoms with Crippen LogP contribution in [-0.2, 0) is 16.1 Å². The van der Waals surface area contributed by atoms with Crippen molar-refractivity contribution in [2.45, 2.75) is 25.9 Å². The minimum atomic E-state index is -0.231. The summed E-state index contributed by atoms with van der Waals surface area (Å²) in [7, 11) is 1.86. The Hall–Kier alpha value is -1.59. The molecule has 2 unspecified atom stereocenters. The maximum atomic E-state index is 12.1. The van der Waals surface area contributed by atoms with E-state index in [9.17, 15) is 9.59 Å². The van der Waals surface area contributed by atoms with Crippen molar-refractivity contribution < 1.29 is 9.59 Å². The molecule has 0 saturated carbocycles. The van der Waals surface area contributed by atoms with E-state index in [0.717, 1.165) is 5.56 Å². The van der Waals surface area contributed by atoms with Gasteiger partial charge in [-0.25, -0.2) is 0 Å². The number of hydrogen-bond acceptors (Lipinski definition) is 3. The van der Waals surface area contributed by atoms with Crippen LogP contribution < -0.4 is 10.6 Å². The molecule has 0 aliphatic carbocycles. The number of rotatable bonds is 6. The van der Waals surface area contributed by atoms with Gasteiger partial charge in [-0.05, 0) is 19.5 Å². The van der Waals surface area contributed by atoms with Crippen LogP contribution in [0.5, 0.6) is 0 Å². The lowest BCUT2D eigenvalue weighted by Crippen LogP contribution is -2.40. The molecule has 0 spiro atoms. The summed E-state index contributed by atoms with van der Waals surface area (Å²) < 4.78 is 0. The van der Waals surface area contributed by atoms with E-state index in [-0.39, 0.29) is 36.2 Å². The topological polar surface area (TPSA) is 61.4 Å². The summed E-state index contributed by atoms with van der Waals surface area (Å²) in [6.07, 6.45) is 0.312. The van der Waals surface area contributed by atoms with E-state index in [2.05, 4.69) is 10.6 Å². The zero-order chi connectivity index (χ0) is 15.2. The van der Waals surface area contributed by atoms with E-state index >= 15 is 0 Å². The van der Waals surface area contributed by atoms with Crippen LogP contribution in [0.4, 0.5) is 0 Å². The highest BCUT2D eigenvalue weighted by Crippen LogP contribution is 2.20. The lowest BCUT2D eigenvalue weighted by atomic mass is 10.1. The first-order chi connectivity index (χ1) is 10.1. The molecular weight excluding hydrogens is 302 g/mol. The van der Waals surface area contributed by atoms with Crippen LogP contribution in [0.1, 0.15) is 18.9 Å². The van der Waals surface area contributed by atoms with Gasteiger partial charge in [-0.3, -0.25) is 9.59 Å². The van der Waals surface area contributed by atoms with Gasteiger partial charge >= 0.3 is 0 Å². The molecule has 1 aromatic rings. The molecule has 6 heteroatoms. The molecule has 1 aliphatic rings. The largest absolute Gasteiger partial charge is 0.354 e. The van der Waals surface area contributed by atoms with Crippen LogP contribution >= 0.6 is 12.4 Å². The Labute approximate surface area is 137 Å². The summed E-state index contributed by atoms with van der Waals surface area (Å²) >= 11 is 0. The highest BCUT2D eigenvalue weighted by molar-refractivity contribution is 5.89. The van der Waals surface area contributed by atoms with Gasteiger partial charge < -0.3 is 15.5 Å². The summed E-state index contributed by atoms with van der Waals surface area (Å²) in [5.74, 6) is -0.202. The lowest BCUT2D eigenvalue weighted by Gasteiger charge is -2.17. The number of halogens is 1. The molecule has 2 rings (SSSR count). The van der Waals surface area contributed by atoms with Crippen LogP contribution in [0.3, 0.4) is 0 Å². The molecule has 1 fully saturated rings. The van der Waals surface area contributed by atoms with Crippen LogP contribution in [0.25, 0.3) is 0 Å². The molecular formula is C16H24ClN3O2. The molecule has 1 saturated heterocycles. The van der Waals surface area contributed by atoms with Gasteiger partial charge in [-0.2, -0.15) is 0 Å². The van der Waals surface area contributed by atoms with Gasteiger partial charge in [0, 0.05) is 32.1 Å². The predicted molar refractivity (Wildman–Crippen MR) is 88.7 cm³/mol. The number of amides is 2. The van der Waals surface area contributed by atoms with Crippen molar-refractivity contribution in [1.82, 2.24) is 15.5 Å². The number of nitrogens with one attached hydrogen (secondary N) is 2. The van der Waals surface area contributed by atoms with Crippen molar-refractivity contribution in [2.24, 2.45) is 5.92 Å². The third-order valence-corrected chi connectivity index (χ3v) is 3.88. The average molecular weight is 326 g/mol. The second-order valence-electron chi connectivity index (χ2n) is 5.60. The molecule has 2 atom stereocenters. The highest BCUT2D eigenvalue weighted by Gasteiger charge is 2.34. The Kier molecular flexibility index (Phi) is 7.35. The standard InChI is InChI=1S/C16H23N3O2.ClH/c1-12(17-2)9-18-16(21)14-8-15(20)19(11-14)10-13-6-4-3-5-7-13;/h3-7,12,14,17H,8-11H2,1-2H3,(H,18,21);1H. The zero-order valence-corrected chi connectivity index (χ0v) is 13.9. The molecule has 5 nitrogen and oxygen atoms in total. The van der Waals surface area contributed by atoms with Gasteiger partial charge in [0.05, 0.1) is 5.92 Å². The molecule has 0 radical (unpaired) electrons. The quantitative estimate of drug-likeness (QED) is 0.825. The maximum Gasteiger partial charge on any atom is 0.225 e. The minimum Gasteiger partial charge on any atom is -0.354 e. The fourth-order valence-corrected chi connectivity index (χ4v) is 2.40. The monoisotopic (exact) mass is 325 g/mol. The number of hydrogen-bond donors (Lipinski definition) is 2. The Morgan fingerprint density at radius 3 is 2.68 bits per heavy atom. The lowest BCUT2D eigenvalue weighted by molar-refractivity contribution is -0.129. The fraction of sp³-hybridized carbons (Fsp3) is 0.500. The van der Waals surface area contributed by atoms with Gasteiger partial charge in [0.25, 0.3) is 0 Å². The van der Waals surface area contributed by atoms with Gasteiger partial charge in [-0.15, -0.1) is 12.4 Å². The third kappa shape index (κ3) is 5.00. The first-order valence-electron chi connectivity index (χ1n) is 7.37. The van der Waals surface area contributed by atoms with Crippen molar-refractivity contribution in [1.29, 1.82) is 0 Å². The van der Waals surface area contributed by atoms with Gasteiger partial charge in [0.15, 0.2) is 0 Å². The average Bonchev–Trinajstić information content (AvgIpc) is 2.86. The Bertz CT molecular complexity index is 495. The van der Waals surface area contributed by atoms with Gasteiger partial charge in [-0.1, -0.05) is 30.3 Å². The Morgan fingerprint density at radius 2 is 2.05 bits per heavy atom. The summed E-state index contributed by atoms with van der Waals surface area (Å²) in [5, 5.41) is 5.97. The number of likely N-dealkylation sites (N-methyl/N-ethyl adjacent to an activating group) is 1. The van der Waals surface area contributed by atoms with E-state index < -0.39 is 0 Å². The number of carbonyl (C=O) groups is 2. The van der Waals surface area contributed by atoms with Crippen molar-refractivity contribution >= 4 is 24.2 Å². The molecule has 0 bridgehead atoms. The van der Waals surface area contributed by atoms with E-state index in [1.807, 2.05) is 44.3 Å². The summed E-state index contributed by atoms with van der Waals surface area (Å²) in [5.41, 5.74) is 1.09. The summed E-state index contributed by atoms with van der Waals surface area (Å²) in [6, 6.07) is 10.1. The molecule has 0 aromatic heterocycles. The summed E-state index contributed by atoms with van der Waals surface area (Å²) in [6.45, 7) is 3.67. The zero-order valence-electron chi connectivity index (χ0n) is 13.0. The van der Waals surface area contributed by atoms with Crippen molar-refractivity contribution in [3.63, 3.8) is 0 Å². The van der Waals surface area contributed by atoms with Crippen molar-refractivity contribution in [3.8, 4) is 0 Å². The highest BCUT2D eigenvalue weighted by atomic mass is 35.5. The predicted octanol–water partition coefficient (Wildman–Crippen LogP) is 1.18. The molecule has 1 aliphatic heterocycles. The molecule has 2 amide bonds. The second kappa shape index (κ2) is 8.76. The van der Waals surface area contributed by atoms with Crippen molar-refractivity contribution in [2.75, 3.05) is 20.1 Å². The third-order valence-electron chi connectivity index (χ3n) is 3.88. The van der Waals surface area contributed by atoms with E-state index in [0.29, 0.717) is 26.1 Å². The fourth-order valence-electron chi connectivity index (χ4n) is 2.40.